The van der Waals surface area contributed by atoms with Crippen molar-refractivity contribution in [1.29, 1.82) is 0 Å². The van der Waals surface area contributed by atoms with Gasteiger partial charge in [-0.2, -0.15) is 0 Å². The van der Waals surface area contributed by atoms with Crippen molar-refractivity contribution in [2.45, 2.75) is 6.42 Å². The predicted octanol–water partition coefficient (Wildman–Crippen LogP) is 2.24. The normalized spacial score (nSPS) is 15.1. The van der Waals surface area contributed by atoms with Gasteiger partial charge < -0.3 is 10.6 Å². The standard InChI is InChI=1S/C13H14BrFN2O/c14-11-2-1-10(7-12(11)15)13(18)17-8-9-3-5-16-6-4-9/h1-3,7,16H,4-6,8H2,(H,17,18). The molecule has 1 aromatic rings. The lowest BCUT2D eigenvalue weighted by molar-refractivity contribution is 0.0956. The molecular weight excluding hydrogens is 299 g/mol. The number of amides is 1. The Balaban J connectivity index is 1.95. The Morgan fingerprint density at radius 3 is 3.00 bits per heavy atom. The Bertz CT molecular complexity index is 488. The number of nitrogens with one attached hydrogen (secondary N) is 2. The van der Waals surface area contributed by atoms with Gasteiger partial charge in [-0.05, 0) is 47.1 Å². The summed E-state index contributed by atoms with van der Waals surface area (Å²) in [7, 11) is 0. The summed E-state index contributed by atoms with van der Waals surface area (Å²) in [6.07, 6.45) is 3.01. The Kier molecular flexibility index (Phi) is 4.49. The largest absolute Gasteiger partial charge is 0.348 e. The van der Waals surface area contributed by atoms with Gasteiger partial charge >= 0.3 is 0 Å². The molecule has 3 nitrogen and oxygen atoms in total. The minimum absolute atomic E-state index is 0.249. The van der Waals surface area contributed by atoms with Crippen LogP contribution in [0.5, 0.6) is 0 Å². The second kappa shape index (κ2) is 6.11. The number of carbonyl (C=O) groups is 1. The van der Waals surface area contributed by atoms with Crippen LogP contribution in [0.2, 0.25) is 0 Å². The zero-order valence-electron chi connectivity index (χ0n) is 9.80. The molecule has 0 radical (unpaired) electrons. The van der Waals surface area contributed by atoms with E-state index < -0.39 is 5.82 Å². The van der Waals surface area contributed by atoms with Crippen molar-refractivity contribution in [2.24, 2.45) is 0 Å². The van der Waals surface area contributed by atoms with Crippen LogP contribution in [0.3, 0.4) is 0 Å². The Hall–Kier alpha value is -1.20. The van der Waals surface area contributed by atoms with Crippen molar-refractivity contribution in [3.05, 3.63) is 45.7 Å². The van der Waals surface area contributed by atoms with Crippen molar-refractivity contribution in [2.75, 3.05) is 19.6 Å². The monoisotopic (exact) mass is 312 g/mol. The second-order valence-corrected chi connectivity index (χ2v) is 4.98. The van der Waals surface area contributed by atoms with Crippen LogP contribution < -0.4 is 10.6 Å². The van der Waals surface area contributed by atoms with Gasteiger partial charge in [0.15, 0.2) is 0 Å². The van der Waals surface area contributed by atoms with Crippen LogP contribution in [0.4, 0.5) is 4.39 Å². The summed E-state index contributed by atoms with van der Waals surface area (Å²) in [4.78, 5) is 11.8. The van der Waals surface area contributed by atoms with Crippen molar-refractivity contribution < 1.29 is 9.18 Å². The number of hydrogen-bond acceptors (Lipinski definition) is 2. The van der Waals surface area contributed by atoms with Gasteiger partial charge in [0.05, 0.1) is 4.47 Å². The highest BCUT2D eigenvalue weighted by Crippen LogP contribution is 2.16. The molecule has 0 unspecified atom stereocenters. The molecule has 0 fully saturated rings. The summed E-state index contributed by atoms with van der Waals surface area (Å²) in [6.45, 7) is 2.31. The van der Waals surface area contributed by atoms with Crippen LogP contribution in [0.25, 0.3) is 0 Å². The van der Waals surface area contributed by atoms with E-state index in [-0.39, 0.29) is 5.91 Å². The fraction of sp³-hybridized carbons (Fsp3) is 0.308. The molecule has 96 valence electrons. The topological polar surface area (TPSA) is 41.1 Å². The molecule has 1 aromatic carbocycles. The van der Waals surface area contributed by atoms with Gasteiger partial charge in [-0.3, -0.25) is 4.79 Å². The Labute approximate surface area is 114 Å². The summed E-state index contributed by atoms with van der Waals surface area (Å²) in [5.74, 6) is -0.676. The van der Waals surface area contributed by atoms with E-state index in [1.54, 1.807) is 6.07 Å². The highest BCUT2D eigenvalue weighted by atomic mass is 79.9. The minimum atomic E-state index is -0.427. The van der Waals surface area contributed by atoms with E-state index in [2.05, 4.69) is 32.6 Å². The number of halogens is 2. The lowest BCUT2D eigenvalue weighted by atomic mass is 10.1. The summed E-state index contributed by atoms with van der Waals surface area (Å²) in [6, 6.07) is 4.36. The molecule has 1 amide bonds. The SMILES string of the molecule is O=C(NCC1=CCNCC1)c1ccc(Br)c(F)c1. The molecule has 1 aliphatic heterocycles. The minimum Gasteiger partial charge on any atom is -0.348 e. The van der Waals surface area contributed by atoms with E-state index in [9.17, 15) is 9.18 Å². The van der Waals surface area contributed by atoms with Crippen molar-refractivity contribution in [3.8, 4) is 0 Å². The smallest absolute Gasteiger partial charge is 0.251 e. The van der Waals surface area contributed by atoms with Gasteiger partial charge in [-0.25, -0.2) is 4.39 Å². The zero-order chi connectivity index (χ0) is 13.0. The molecule has 0 atom stereocenters. The third-order valence-corrected chi connectivity index (χ3v) is 3.46. The first kappa shape index (κ1) is 13.2. The van der Waals surface area contributed by atoms with Crippen LogP contribution >= 0.6 is 15.9 Å². The summed E-state index contributed by atoms with van der Waals surface area (Å²) in [5, 5.41) is 6.00. The van der Waals surface area contributed by atoms with Crippen LogP contribution in [-0.2, 0) is 0 Å². The number of hydrogen-bond donors (Lipinski definition) is 2. The van der Waals surface area contributed by atoms with Crippen LogP contribution in [-0.4, -0.2) is 25.5 Å². The molecule has 2 N–H and O–H groups in total. The van der Waals surface area contributed by atoms with Gasteiger partial charge in [0.25, 0.3) is 5.91 Å². The number of rotatable bonds is 3. The van der Waals surface area contributed by atoms with Gasteiger partial charge in [0.1, 0.15) is 5.82 Å². The third-order valence-electron chi connectivity index (χ3n) is 2.82. The molecule has 0 aliphatic carbocycles. The lowest BCUT2D eigenvalue weighted by Gasteiger charge is -2.14. The molecule has 0 aromatic heterocycles. The molecule has 0 spiro atoms. The van der Waals surface area contributed by atoms with Crippen LogP contribution in [0, 0.1) is 5.82 Å². The van der Waals surface area contributed by atoms with E-state index in [1.807, 2.05) is 0 Å². The number of benzene rings is 1. The lowest BCUT2D eigenvalue weighted by Crippen LogP contribution is -2.29. The fourth-order valence-corrected chi connectivity index (χ4v) is 2.01. The third kappa shape index (κ3) is 3.40. The van der Waals surface area contributed by atoms with Gasteiger partial charge in [-0.15, -0.1) is 0 Å². The summed E-state index contributed by atoms with van der Waals surface area (Å²) < 4.78 is 13.6. The molecular formula is C13H14BrFN2O. The van der Waals surface area contributed by atoms with E-state index in [0.29, 0.717) is 16.6 Å². The van der Waals surface area contributed by atoms with E-state index in [1.165, 1.54) is 17.7 Å². The van der Waals surface area contributed by atoms with E-state index in [4.69, 9.17) is 0 Å². The van der Waals surface area contributed by atoms with Crippen molar-refractivity contribution in [3.63, 3.8) is 0 Å². The first-order chi connectivity index (χ1) is 8.66. The van der Waals surface area contributed by atoms with Crippen LogP contribution in [0.15, 0.2) is 34.3 Å². The number of carbonyl (C=O) groups excluding carboxylic acids is 1. The fourth-order valence-electron chi connectivity index (χ4n) is 1.76. The molecule has 5 heteroatoms. The van der Waals surface area contributed by atoms with Gasteiger partial charge in [0, 0.05) is 18.7 Å². The Morgan fingerprint density at radius 1 is 1.50 bits per heavy atom. The van der Waals surface area contributed by atoms with Crippen molar-refractivity contribution >= 4 is 21.8 Å². The average Bonchev–Trinajstić information content (AvgIpc) is 2.40. The predicted molar refractivity (Wildman–Crippen MR) is 72.0 cm³/mol. The Morgan fingerprint density at radius 2 is 2.33 bits per heavy atom. The van der Waals surface area contributed by atoms with Gasteiger partial charge in [-0.1, -0.05) is 11.6 Å². The highest BCUT2D eigenvalue weighted by Gasteiger charge is 2.09. The highest BCUT2D eigenvalue weighted by molar-refractivity contribution is 9.10. The first-order valence-corrected chi connectivity index (χ1v) is 6.58. The maximum Gasteiger partial charge on any atom is 0.251 e. The first-order valence-electron chi connectivity index (χ1n) is 5.78. The van der Waals surface area contributed by atoms with E-state index >= 15 is 0 Å². The van der Waals surface area contributed by atoms with Crippen molar-refractivity contribution in [1.82, 2.24) is 10.6 Å². The van der Waals surface area contributed by atoms with Crippen LogP contribution in [0.1, 0.15) is 16.8 Å². The molecule has 18 heavy (non-hydrogen) atoms. The molecule has 0 saturated carbocycles. The van der Waals surface area contributed by atoms with Gasteiger partial charge in [0.2, 0.25) is 0 Å². The van der Waals surface area contributed by atoms with E-state index in [0.717, 1.165) is 19.5 Å². The summed E-state index contributed by atoms with van der Waals surface area (Å²) in [5.41, 5.74) is 1.55. The average molecular weight is 313 g/mol. The molecule has 2 rings (SSSR count). The molecule has 1 heterocycles. The molecule has 1 aliphatic rings. The molecule has 0 saturated heterocycles. The zero-order valence-corrected chi connectivity index (χ0v) is 11.4. The maximum absolute atomic E-state index is 13.3. The summed E-state index contributed by atoms with van der Waals surface area (Å²) >= 11 is 3.06. The maximum atomic E-state index is 13.3. The second-order valence-electron chi connectivity index (χ2n) is 4.13. The quantitative estimate of drug-likeness (QED) is 0.840. The molecule has 0 bridgehead atoms.